The van der Waals surface area contributed by atoms with Crippen molar-refractivity contribution in [1.29, 1.82) is 0 Å². The second-order valence-electron chi connectivity index (χ2n) is 8.44. The summed E-state index contributed by atoms with van der Waals surface area (Å²) in [6.45, 7) is 4.25. The Morgan fingerprint density at radius 2 is 1.65 bits per heavy atom. The maximum Gasteiger partial charge on any atom is 0.307 e. The molecular formula is C26H27FN2O4S. The van der Waals surface area contributed by atoms with E-state index in [1.165, 1.54) is 12.1 Å². The van der Waals surface area contributed by atoms with Gasteiger partial charge in [0.1, 0.15) is 22.6 Å². The molecule has 6 nitrogen and oxygen atoms in total. The van der Waals surface area contributed by atoms with Gasteiger partial charge >= 0.3 is 5.97 Å². The van der Waals surface area contributed by atoms with Crippen LogP contribution in [0.5, 0.6) is 5.75 Å². The molecule has 0 bridgehead atoms. The average molecular weight is 483 g/mol. The van der Waals surface area contributed by atoms with Crippen molar-refractivity contribution in [2.75, 3.05) is 26.2 Å². The Morgan fingerprint density at radius 3 is 2.26 bits per heavy atom. The number of carboxylic acid groups (broad SMARTS) is 1. The normalized spacial score (nSPS) is 16.8. The summed E-state index contributed by atoms with van der Waals surface area (Å²) in [4.78, 5) is 14.0. The highest BCUT2D eigenvalue weighted by molar-refractivity contribution is 7.82. The number of aliphatic carboxylic acids is 1. The van der Waals surface area contributed by atoms with E-state index < -0.39 is 17.0 Å². The lowest BCUT2D eigenvalue weighted by molar-refractivity contribution is -0.136. The van der Waals surface area contributed by atoms with Crippen LogP contribution in [0.2, 0.25) is 0 Å². The van der Waals surface area contributed by atoms with Crippen molar-refractivity contribution >= 4 is 17.0 Å². The summed E-state index contributed by atoms with van der Waals surface area (Å²) >= 11 is 0. The Bertz CT molecular complexity index is 1180. The lowest BCUT2D eigenvalue weighted by Crippen LogP contribution is -2.48. The summed E-state index contributed by atoms with van der Waals surface area (Å²) in [5, 5.41) is 20.0. The second kappa shape index (κ2) is 10.5. The number of halogens is 1. The number of piperazine rings is 1. The number of nitrogens with zero attached hydrogens (tertiary/aromatic N) is 2. The van der Waals surface area contributed by atoms with Crippen molar-refractivity contribution in [3.8, 4) is 5.75 Å². The number of aryl methyl sites for hydroxylation is 1. The highest BCUT2D eigenvalue weighted by atomic mass is 32.2. The fourth-order valence-corrected chi connectivity index (χ4v) is 5.43. The van der Waals surface area contributed by atoms with Crippen molar-refractivity contribution < 1.29 is 23.6 Å². The molecule has 1 saturated heterocycles. The van der Waals surface area contributed by atoms with Crippen LogP contribution in [-0.2, 0) is 22.2 Å². The maximum atomic E-state index is 13.2. The molecule has 178 valence electrons. The number of hydrogen-bond acceptors (Lipinski definition) is 4. The molecular weight excluding hydrogens is 455 g/mol. The smallest absolute Gasteiger partial charge is 0.307 e. The van der Waals surface area contributed by atoms with Gasteiger partial charge in [-0.05, 0) is 54.4 Å². The highest BCUT2D eigenvalue weighted by Gasteiger charge is 2.30. The van der Waals surface area contributed by atoms with Gasteiger partial charge < -0.3 is 10.2 Å². The second-order valence-corrected chi connectivity index (χ2v) is 9.93. The fourth-order valence-electron chi connectivity index (χ4n) is 4.27. The zero-order chi connectivity index (χ0) is 24.2. The van der Waals surface area contributed by atoms with E-state index in [9.17, 15) is 23.6 Å². The van der Waals surface area contributed by atoms with E-state index in [1.807, 2.05) is 35.5 Å². The molecule has 2 atom stereocenters. The number of benzene rings is 3. The minimum atomic E-state index is -1.39. The molecule has 2 unspecified atom stereocenters. The topological polar surface area (TPSA) is 81.1 Å². The molecule has 0 radical (unpaired) electrons. The SMILES string of the molecule is Cc1ccc(C(c2cc(CC(=O)O)ccc2O)N2CCN(S(=O)c3ccc(F)cc3)CC2)cc1. The summed E-state index contributed by atoms with van der Waals surface area (Å²) in [6, 6.07) is 18.4. The highest BCUT2D eigenvalue weighted by Crippen LogP contribution is 2.36. The third-order valence-corrected chi connectivity index (χ3v) is 7.53. The summed E-state index contributed by atoms with van der Waals surface area (Å²) < 4.78 is 28.1. The third-order valence-electron chi connectivity index (χ3n) is 6.02. The molecule has 0 aliphatic carbocycles. The van der Waals surface area contributed by atoms with Gasteiger partial charge in [0.25, 0.3) is 0 Å². The molecule has 4 rings (SSSR count). The molecule has 2 N–H and O–H groups in total. The number of phenols is 1. The Hall–Kier alpha value is -3.07. The standard InChI is InChI=1S/C26H27FN2O4S/c1-18-2-5-20(6-3-18)26(23-16-19(17-25(31)32)4-11-24(23)30)28-12-14-29(15-13-28)34(33)22-9-7-21(27)8-10-22/h2-11,16,26,30H,12-15,17H2,1H3,(H,31,32). The van der Waals surface area contributed by atoms with Gasteiger partial charge in [-0.2, -0.15) is 0 Å². The monoisotopic (exact) mass is 482 g/mol. The van der Waals surface area contributed by atoms with Crippen LogP contribution in [0.15, 0.2) is 71.6 Å². The van der Waals surface area contributed by atoms with Crippen LogP contribution in [0.4, 0.5) is 4.39 Å². The molecule has 0 amide bonds. The molecule has 1 aliphatic heterocycles. The molecule has 1 heterocycles. The molecule has 0 saturated carbocycles. The molecule has 0 spiro atoms. The molecule has 1 aliphatic rings. The number of carboxylic acids is 1. The average Bonchev–Trinajstić information content (AvgIpc) is 2.82. The minimum absolute atomic E-state index is 0.108. The Labute approximate surface area is 200 Å². The van der Waals surface area contributed by atoms with Gasteiger partial charge in [-0.3, -0.25) is 9.69 Å². The van der Waals surface area contributed by atoms with E-state index in [2.05, 4.69) is 4.90 Å². The molecule has 8 heteroatoms. The van der Waals surface area contributed by atoms with Crippen molar-refractivity contribution in [2.45, 2.75) is 24.3 Å². The zero-order valence-corrected chi connectivity index (χ0v) is 19.7. The third kappa shape index (κ3) is 5.52. The van der Waals surface area contributed by atoms with Crippen LogP contribution in [0.25, 0.3) is 0 Å². The van der Waals surface area contributed by atoms with Gasteiger partial charge in [-0.15, -0.1) is 0 Å². The van der Waals surface area contributed by atoms with Crippen LogP contribution in [0.1, 0.15) is 28.3 Å². The first-order chi connectivity index (χ1) is 16.3. The van der Waals surface area contributed by atoms with E-state index in [4.69, 9.17) is 0 Å². The van der Waals surface area contributed by atoms with Gasteiger partial charge in [0.05, 0.1) is 17.4 Å². The minimum Gasteiger partial charge on any atom is -0.508 e. The number of rotatable bonds is 7. The Balaban J connectivity index is 1.60. The van der Waals surface area contributed by atoms with E-state index in [1.54, 1.807) is 30.3 Å². The van der Waals surface area contributed by atoms with Crippen LogP contribution < -0.4 is 0 Å². The molecule has 3 aromatic carbocycles. The van der Waals surface area contributed by atoms with E-state index in [0.717, 1.165) is 11.1 Å². The number of aromatic hydroxyl groups is 1. The lowest BCUT2D eigenvalue weighted by Gasteiger charge is -2.39. The summed E-state index contributed by atoms with van der Waals surface area (Å²) in [5.74, 6) is -1.19. The number of carbonyl (C=O) groups is 1. The quantitative estimate of drug-likeness (QED) is 0.534. The Kier molecular flexibility index (Phi) is 7.41. The summed E-state index contributed by atoms with van der Waals surface area (Å²) in [6.07, 6.45) is -0.127. The fraction of sp³-hybridized carbons (Fsp3) is 0.269. The zero-order valence-electron chi connectivity index (χ0n) is 18.9. The van der Waals surface area contributed by atoms with E-state index >= 15 is 0 Å². The van der Waals surface area contributed by atoms with Crippen molar-refractivity contribution in [2.24, 2.45) is 0 Å². The van der Waals surface area contributed by atoms with Gasteiger partial charge in [0.15, 0.2) is 0 Å². The molecule has 1 fully saturated rings. The van der Waals surface area contributed by atoms with Crippen LogP contribution in [-0.4, -0.2) is 55.8 Å². The predicted octanol–water partition coefficient (Wildman–Crippen LogP) is 3.90. The van der Waals surface area contributed by atoms with Gasteiger partial charge in [0.2, 0.25) is 0 Å². The Morgan fingerprint density at radius 1 is 1.00 bits per heavy atom. The van der Waals surface area contributed by atoms with Crippen LogP contribution in [0.3, 0.4) is 0 Å². The first-order valence-electron chi connectivity index (χ1n) is 11.1. The summed E-state index contributed by atoms with van der Waals surface area (Å²) in [7, 11) is -1.39. The van der Waals surface area contributed by atoms with Crippen molar-refractivity contribution in [3.63, 3.8) is 0 Å². The van der Waals surface area contributed by atoms with Crippen molar-refractivity contribution in [3.05, 3.63) is 94.8 Å². The summed E-state index contributed by atoms with van der Waals surface area (Å²) in [5.41, 5.74) is 3.37. The number of hydrogen-bond donors (Lipinski definition) is 2. The first-order valence-corrected chi connectivity index (χ1v) is 12.2. The van der Waals surface area contributed by atoms with E-state index in [0.29, 0.717) is 42.2 Å². The maximum absolute atomic E-state index is 13.2. The number of phenolic OH excluding ortho intramolecular Hbond substituents is 1. The molecule has 0 aromatic heterocycles. The van der Waals surface area contributed by atoms with Gasteiger partial charge in [-0.1, -0.05) is 35.9 Å². The first kappa shape index (κ1) is 24.1. The van der Waals surface area contributed by atoms with Crippen molar-refractivity contribution in [1.82, 2.24) is 9.21 Å². The van der Waals surface area contributed by atoms with E-state index in [-0.39, 0.29) is 24.0 Å². The largest absolute Gasteiger partial charge is 0.508 e. The van der Waals surface area contributed by atoms with Gasteiger partial charge in [0, 0.05) is 31.7 Å². The van der Waals surface area contributed by atoms with Crippen LogP contribution >= 0.6 is 0 Å². The van der Waals surface area contributed by atoms with Gasteiger partial charge in [-0.25, -0.2) is 12.9 Å². The lowest BCUT2D eigenvalue weighted by atomic mass is 9.93. The van der Waals surface area contributed by atoms with Crippen LogP contribution in [0, 0.1) is 12.7 Å². The molecule has 3 aromatic rings. The molecule has 34 heavy (non-hydrogen) atoms. The predicted molar refractivity (Wildman–Crippen MR) is 128 cm³/mol.